The molecule has 0 atom stereocenters. The lowest BCUT2D eigenvalue weighted by Gasteiger charge is -2.09. The van der Waals surface area contributed by atoms with Gasteiger partial charge in [-0.05, 0) is 48.9 Å². The van der Waals surface area contributed by atoms with E-state index < -0.39 is 5.91 Å². The molecule has 4 aromatic rings. The van der Waals surface area contributed by atoms with Crippen molar-refractivity contribution in [2.24, 2.45) is 0 Å². The number of nitrogens with one attached hydrogen (secondary N) is 2. The summed E-state index contributed by atoms with van der Waals surface area (Å²) in [5.41, 5.74) is 8.07. The van der Waals surface area contributed by atoms with Crippen molar-refractivity contribution >= 4 is 23.4 Å². The fourth-order valence-corrected chi connectivity index (χ4v) is 3.23. The van der Waals surface area contributed by atoms with Crippen molar-refractivity contribution in [1.82, 2.24) is 21.0 Å². The van der Waals surface area contributed by atoms with Crippen LogP contribution in [0.25, 0.3) is 11.4 Å². The largest absolute Gasteiger partial charge is 0.489 e. The molecule has 0 aliphatic rings. The minimum absolute atomic E-state index is 0.0801. The zero-order chi connectivity index (χ0) is 24.6. The van der Waals surface area contributed by atoms with Crippen molar-refractivity contribution < 1.29 is 18.8 Å². The van der Waals surface area contributed by atoms with E-state index in [1.165, 1.54) is 0 Å². The lowest BCUT2D eigenvalue weighted by atomic mass is 10.1. The van der Waals surface area contributed by atoms with Gasteiger partial charge in [-0.15, -0.1) is 0 Å². The molecule has 0 fully saturated rings. The molecule has 2 amide bonds. The summed E-state index contributed by atoms with van der Waals surface area (Å²) in [4.78, 5) is 28.8. The zero-order valence-corrected chi connectivity index (χ0v) is 19.7. The number of hydrogen-bond acceptors (Lipinski definition) is 6. The Balaban J connectivity index is 1.20. The third kappa shape index (κ3) is 6.91. The highest BCUT2D eigenvalue weighted by molar-refractivity contribution is 6.30. The summed E-state index contributed by atoms with van der Waals surface area (Å²) in [5.74, 6) is 0.712. The van der Waals surface area contributed by atoms with Crippen molar-refractivity contribution in [3.05, 3.63) is 100 Å². The number of aryl methyl sites for hydroxylation is 2. The minimum atomic E-state index is -0.428. The highest BCUT2D eigenvalue weighted by Gasteiger charge is 2.12. The van der Waals surface area contributed by atoms with Crippen LogP contribution in [0.1, 0.15) is 33.8 Å². The van der Waals surface area contributed by atoms with Gasteiger partial charge in [-0.3, -0.25) is 20.4 Å². The highest BCUT2D eigenvalue weighted by Crippen LogP contribution is 2.18. The van der Waals surface area contributed by atoms with Gasteiger partial charge in [-0.2, -0.15) is 4.98 Å². The quantitative estimate of drug-likeness (QED) is 0.347. The Kier molecular flexibility index (Phi) is 7.74. The molecule has 3 aromatic carbocycles. The van der Waals surface area contributed by atoms with E-state index in [0.717, 1.165) is 16.7 Å². The van der Waals surface area contributed by atoms with Crippen LogP contribution in [0.3, 0.4) is 0 Å². The summed E-state index contributed by atoms with van der Waals surface area (Å²) in [6, 6.07) is 21.7. The molecule has 0 unspecified atom stereocenters. The van der Waals surface area contributed by atoms with Crippen molar-refractivity contribution in [2.75, 3.05) is 0 Å². The molecule has 35 heavy (non-hydrogen) atoms. The Labute approximate surface area is 207 Å². The topological polar surface area (TPSA) is 106 Å². The molecule has 0 bridgehead atoms. The van der Waals surface area contributed by atoms with Crippen LogP contribution in [0.5, 0.6) is 5.75 Å². The van der Waals surface area contributed by atoms with E-state index in [2.05, 4.69) is 21.0 Å². The number of halogens is 1. The van der Waals surface area contributed by atoms with Crippen LogP contribution < -0.4 is 15.6 Å². The van der Waals surface area contributed by atoms with Gasteiger partial charge in [-0.25, -0.2) is 0 Å². The van der Waals surface area contributed by atoms with E-state index in [1.54, 1.807) is 48.5 Å². The van der Waals surface area contributed by atoms with Crippen LogP contribution in [0, 0.1) is 6.92 Å². The van der Waals surface area contributed by atoms with Crippen LogP contribution in [-0.2, 0) is 17.8 Å². The standard InChI is InChI=1S/C26H23ClN4O4/c1-17-2-6-19(7-3-17)25-28-24(35-31-25)15-14-23(32)29-30-26(33)20-8-4-18(5-9-20)16-34-22-12-10-21(27)11-13-22/h2-13H,14-16H2,1H3,(H,29,32)(H,30,33). The van der Waals surface area contributed by atoms with Gasteiger partial charge in [0, 0.05) is 29.0 Å². The molecule has 1 heterocycles. The molecular weight excluding hydrogens is 468 g/mol. The highest BCUT2D eigenvalue weighted by atomic mass is 35.5. The van der Waals surface area contributed by atoms with Gasteiger partial charge in [0.25, 0.3) is 5.91 Å². The fraction of sp³-hybridized carbons (Fsp3) is 0.154. The first-order valence-electron chi connectivity index (χ1n) is 10.9. The first kappa shape index (κ1) is 24.0. The summed E-state index contributed by atoms with van der Waals surface area (Å²) < 4.78 is 10.9. The number of carbonyl (C=O) groups is 2. The van der Waals surface area contributed by atoms with Gasteiger partial charge in [-0.1, -0.05) is 58.7 Å². The van der Waals surface area contributed by atoms with E-state index in [-0.39, 0.29) is 18.7 Å². The number of ether oxygens (including phenoxy) is 1. The Bertz CT molecular complexity index is 1290. The van der Waals surface area contributed by atoms with Crippen LogP contribution in [0.2, 0.25) is 5.02 Å². The smallest absolute Gasteiger partial charge is 0.269 e. The van der Waals surface area contributed by atoms with Gasteiger partial charge in [0.15, 0.2) is 0 Å². The number of nitrogens with zero attached hydrogens (tertiary/aromatic N) is 2. The molecule has 9 heteroatoms. The number of benzene rings is 3. The fourth-order valence-electron chi connectivity index (χ4n) is 3.11. The Morgan fingerprint density at radius 1 is 0.943 bits per heavy atom. The molecule has 0 radical (unpaired) electrons. The SMILES string of the molecule is Cc1ccc(-c2noc(CCC(=O)NNC(=O)c3ccc(COc4ccc(Cl)cc4)cc3)n2)cc1. The summed E-state index contributed by atoms with van der Waals surface area (Å²) in [6.45, 7) is 2.35. The molecule has 2 N–H and O–H groups in total. The molecule has 1 aromatic heterocycles. The first-order chi connectivity index (χ1) is 17.0. The lowest BCUT2D eigenvalue weighted by Crippen LogP contribution is -2.41. The lowest BCUT2D eigenvalue weighted by molar-refractivity contribution is -0.121. The van der Waals surface area contributed by atoms with E-state index in [0.29, 0.717) is 34.7 Å². The molecular formula is C26H23ClN4O4. The van der Waals surface area contributed by atoms with E-state index >= 15 is 0 Å². The number of hydrogen-bond donors (Lipinski definition) is 2. The average Bonchev–Trinajstić information content (AvgIpc) is 3.35. The number of amides is 2. The van der Waals surface area contributed by atoms with Crippen LogP contribution >= 0.6 is 11.6 Å². The predicted molar refractivity (Wildman–Crippen MR) is 131 cm³/mol. The molecule has 8 nitrogen and oxygen atoms in total. The van der Waals surface area contributed by atoms with Crippen LogP contribution in [0.15, 0.2) is 77.3 Å². The second kappa shape index (κ2) is 11.3. The van der Waals surface area contributed by atoms with Gasteiger partial charge in [0.2, 0.25) is 17.6 Å². The van der Waals surface area contributed by atoms with Crippen molar-refractivity contribution in [1.29, 1.82) is 0 Å². The predicted octanol–water partition coefficient (Wildman–Crippen LogP) is 4.67. The zero-order valence-electron chi connectivity index (χ0n) is 19.0. The van der Waals surface area contributed by atoms with E-state index in [4.69, 9.17) is 20.9 Å². The first-order valence-corrected chi connectivity index (χ1v) is 11.3. The molecule has 178 valence electrons. The Morgan fingerprint density at radius 2 is 1.66 bits per heavy atom. The molecule has 0 saturated heterocycles. The van der Waals surface area contributed by atoms with E-state index in [1.807, 2.05) is 31.2 Å². The summed E-state index contributed by atoms with van der Waals surface area (Å²) >= 11 is 5.86. The third-order valence-electron chi connectivity index (χ3n) is 5.09. The molecule has 0 aliphatic heterocycles. The average molecular weight is 491 g/mol. The molecule has 0 spiro atoms. The summed E-state index contributed by atoms with van der Waals surface area (Å²) in [7, 11) is 0. The van der Waals surface area contributed by atoms with E-state index in [9.17, 15) is 9.59 Å². The van der Waals surface area contributed by atoms with Gasteiger partial charge in [0.1, 0.15) is 12.4 Å². The van der Waals surface area contributed by atoms with Gasteiger partial charge in [0.05, 0.1) is 0 Å². The second-order valence-electron chi connectivity index (χ2n) is 7.82. The Morgan fingerprint density at radius 3 is 2.37 bits per heavy atom. The third-order valence-corrected chi connectivity index (χ3v) is 5.35. The number of carbonyl (C=O) groups excluding carboxylic acids is 2. The number of aromatic nitrogens is 2. The van der Waals surface area contributed by atoms with Crippen LogP contribution in [0.4, 0.5) is 0 Å². The maximum Gasteiger partial charge on any atom is 0.269 e. The van der Waals surface area contributed by atoms with Gasteiger partial charge >= 0.3 is 0 Å². The molecule has 0 aliphatic carbocycles. The monoisotopic (exact) mass is 490 g/mol. The Hall–Kier alpha value is -4.17. The van der Waals surface area contributed by atoms with Crippen molar-refractivity contribution in [2.45, 2.75) is 26.4 Å². The van der Waals surface area contributed by atoms with Gasteiger partial charge < -0.3 is 9.26 Å². The molecule has 0 saturated carbocycles. The normalized spacial score (nSPS) is 10.6. The molecule has 4 rings (SSSR count). The number of hydrazine groups is 1. The minimum Gasteiger partial charge on any atom is -0.489 e. The summed E-state index contributed by atoms with van der Waals surface area (Å²) in [5, 5.41) is 4.59. The second-order valence-corrected chi connectivity index (χ2v) is 8.26. The van der Waals surface area contributed by atoms with Crippen LogP contribution in [-0.4, -0.2) is 22.0 Å². The van der Waals surface area contributed by atoms with Crippen molar-refractivity contribution in [3.8, 4) is 17.1 Å². The van der Waals surface area contributed by atoms with Crippen molar-refractivity contribution in [3.63, 3.8) is 0 Å². The maximum absolute atomic E-state index is 12.3. The maximum atomic E-state index is 12.3. The summed E-state index contributed by atoms with van der Waals surface area (Å²) in [6.07, 6.45) is 0.333. The number of rotatable bonds is 8.